The maximum Gasteiger partial charge on any atom is 0.338 e. The first-order valence-electron chi connectivity index (χ1n) is 9.05. The number of nitrogens with zero attached hydrogens (tertiary/aromatic N) is 3. The first-order chi connectivity index (χ1) is 13.6. The third-order valence-corrected chi connectivity index (χ3v) is 4.89. The van der Waals surface area contributed by atoms with E-state index < -0.39 is 21.9 Å². The van der Waals surface area contributed by atoms with E-state index in [1.165, 1.54) is 6.20 Å². The van der Waals surface area contributed by atoms with Gasteiger partial charge in [-0.2, -0.15) is 0 Å². The molecule has 1 aromatic carbocycles. The third kappa shape index (κ3) is 4.86. The van der Waals surface area contributed by atoms with Crippen molar-refractivity contribution in [2.24, 2.45) is 0 Å². The van der Waals surface area contributed by atoms with Crippen molar-refractivity contribution in [3.8, 4) is 0 Å². The number of aromatic nitrogens is 3. The maximum atomic E-state index is 12.4. The van der Waals surface area contributed by atoms with Crippen LogP contribution in [-0.2, 0) is 14.6 Å². The molecule has 0 saturated heterocycles. The van der Waals surface area contributed by atoms with E-state index in [1.807, 2.05) is 19.9 Å². The van der Waals surface area contributed by atoms with Crippen LogP contribution in [0.1, 0.15) is 42.9 Å². The molecule has 0 amide bonds. The summed E-state index contributed by atoms with van der Waals surface area (Å²) in [5.74, 6) is -0.0514. The Bertz CT molecular complexity index is 1150. The van der Waals surface area contributed by atoms with Gasteiger partial charge in [0.1, 0.15) is 11.6 Å². The largest absolute Gasteiger partial charge is 0.453 e. The van der Waals surface area contributed by atoms with Crippen molar-refractivity contribution in [3.05, 3.63) is 53.9 Å². The number of esters is 1. The number of ether oxygens (including phenoxy) is 1. The van der Waals surface area contributed by atoms with Crippen molar-refractivity contribution in [1.82, 2.24) is 15.0 Å². The molecule has 0 aliphatic carbocycles. The number of hydrogen-bond donors (Lipinski definition) is 1. The van der Waals surface area contributed by atoms with E-state index in [1.54, 1.807) is 37.3 Å². The molecule has 2 aromatic heterocycles. The summed E-state index contributed by atoms with van der Waals surface area (Å²) in [4.78, 5) is 25.0. The van der Waals surface area contributed by atoms with Gasteiger partial charge in [-0.1, -0.05) is 18.2 Å². The third-order valence-electron chi connectivity index (χ3n) is 4.03. The van der Waals surface area contributed by atoms with E-state index in [4.69, 9.17) is 4.74 Å². The van der Waals surface area contributed by atoms with Gasteiger partial charge in [0, 0.05) is 23.9 Å². The maximum absolute atomic E-state index is 12.4. The Morgan fingerprint density at radius 3 is 2.41 bits per heavy atom. The summed E-state index contributed by atoms with van der Waals surface area (Å²) in [6, 6.07) is 10.4. The van der Waals surface area contributed by atoms with Crippen molar-refractivity contribution >= 4 is 32.5 Å². The Kier molecular flexibility index (Phi) is 5.78. The number of benzene rings is 1. The lowest BCUT2D eigenvalue weighted by atomic mass is 10.2. The first kappa shape index (κ1) is 20.7. The lowest BCUT2D eigenvalue weighted by Crippen LogP contribution is -2.15. The molecule has 0 radical (unpaired) electrons. The average molecular weight is 414 g/mol. The predicted octanol–water partition coefficient (Wildman–Crippen LogP) is 3.17. The van der Waals surface area contributed by atoms with Crippen LogP contribution in [0.25, 0.3) is 10.9 Å². The molecular formula is C20H22N4O4S. The Morgan fingerprint density at radius 1 is 1.10 bits per heavy atom. The Morgan fingerprint density at radius 2 is 1.79 bits per heavy atom. The minimum Gasteiger partial charge on any atom is -0.453 e. The fourth-order valence-corrected chi connectivity index (χ4v) is 3.17. The monoisotopic (exact) mass is 414 g/mol. The van der Waals surface area contributed by atoms with E-state index in [2.05, 4.69) is 20.3 Å². The molecule has 29 heavy (non-hydrogen) atoms. The predicted molar refractivity (Wildman–Crippen MR) is 109 cm³/mol. The van der Waals surface area contributed by atoms with Crippen LogP contribution in [0.2, 0.25) is 0 Å². The van der Waals surface area contributed by atoms with Gasteiger partial charge in [0.25, 0.3) is 0 Å². The highest BCUT2D eigenvalue weighted by atomic mass is 32.2. The van der Waals surface area contributed by atoms with Crippen LogP contribution in [0, 0.1) is 0 Å². The van der Waals surface area contributed by atoms with Gasteiger partial charge < -0.3 is 10.1 Å². The molecule has 0 bridgehead atoms. The lowest BCUT2D eigenvalue weighted by Gasteiger charge is -2.17. The number of nitrogens with one attached hydrogen (secondary N) is 1. The summed E-state index contributed by atoms with van der Waals surface area (Å²) >= 11 is 0. The quantitative estimate of drug-likeness (QED) is 0.484. The Hall–Kier alpha value is -3.07. The Balaban J connectivity index is 2.01. The minimum atomic E-state index is -3.56. The van der Waals surface area contributed by atoms with E-state index >= 15 is 0 Å². The van der Waals surface area contributed by atoms with E-state index in [0.717, 1.165) is 6.26 Å². The summed E-state index contributed by atoms with van der Waals surface area (Å²) in [7, 11) is -3.56. The summed E-state index contributed by atoms with van der Waals surface area (Å²) in [5, 5.41) is 3.49. The summed E-state index contributed by atoms with van der Waals surface area (Å²) in [6.07, 6.45) is 1.85. The first-order valence-corrected chi connectivity index (χ1v) is 10.9. The highest BCUT2D eigenvalue weighted by molar-refractivity contribution is 7.90. The van der Waals surface area contributed by atoms with Gasteiger partial charge in [-0.15, -0.1) is 0 Å². The SMILES string of the molecule is CC(C)Nc1nc(C(C)OC(=O)c2ccccc2)cc2cnc(S(C)(=O)=O)nc12. The molecule has 8 nitrogen and oxygen atoms in total. The molecule has 3 aromatic rings. The number of sulfone groups is 1. The van der Waals surface area contributed by atoms with Gasteiger partial charge in [-0.25, -0.2) is 28.2 Å². The van der Waals surface area contributed by atoms with Crippen molar-refractivity contribution < 1.29 is 17.9 Å². The van der Waals surface area contributed by atoms with Gasteiger partial charge in [-0.3, -0.25) is 0 Å². The molecule has 0 fully saturated rings. The second-order valence-corrected chi connectivity index (χ2v) is 8.88. The normalized spacial score (nSPS) is 12.7. The van der Waals surface area contributed by atoms with Crippen LogP contribution in [-0.4, -0.2) is 41.6 Å². The second-order valence-electron chi connectivity index (χ2n) is 6.97. The van der Waals surface area contributed by atoms with Crippen molar-refractivity contribution in [2.45, 2.75) is 38.1 Å². The Labute approximate surface area is 169 Å². The topological polar surface area (TPSA) is 111 Å². The number of carbonyl (C=O) groups is 1. The lowest BCUT2D eigenvalue weighted by molar-refractivity contribution is 0.0330. The number of carbonyl (C=O) groups excluding carboxylic acids is 1. The summed E-state index contributed by atoms with van der Waals surface area (Å²) in [5.41, 5.74) is 1.34. The van der Waals surface area contributed by atoms with Gasteiger partial charge in [0.05, 0.1) is 11.3 Å². The van der Waals surface area contributed by atoms with E-state index in [0.29, 0.717) is 28.0 Å². The van der Waals surface area contributed by atoms with Crippen LogP contribution in [0.15, 0.2) is 47.8 Å². The summed E-state index contributed by atoms with van der Waals surface area (Å²) in [6.45, 7) is 5.58. The van der Waals surface area contributed by atoms with Gasteiger partial charge >= 0.3 is 5.97 Å². The highest BCUT2D eigenvalue weighted by Gasteiger charge is 2.20. The molecule has 0 aliphatic rings. The number of fused-ring (bicyclic) bond motifs is 1. The van der Waals surface area contributed by atoms with Gasteiger partial charge in [0.2, 0.25) is 15.0 Å². The second kappa shape index (κ2) is 8.12. The van der Waals surface area contributed by atoms with Crippen molar-refractivity contribution in [1.29, 1.82) is 0 Å². The van der Waals surface area contributed by atoms with Crippen molar-refractivity contribution in [2.75, 3.05) is 11.6 Å². The van der Waals surface area contributed by atoms with Crippen LogP contribution >= 0.6 is 0 Å². The van der Waals surface area contributed by atoms with Gasteiger partial charge in [-0.05, 0) is 39.0 Å². The van der Waals surface area contributed by atoms with E-state index in [-0.39, 0.29) is 11.2 Å². The minimum absolute atomic E-state index is 0.0276. The zero-order valence-electron chi connectivity index (χ0n) is 16.6. The molecule has 0 spiro atoms. The van der Waals surface area contributed by atoms with Crippen LogP contribution in [0.5, 0.6) is 0 Å². The fraction of sp³-hybridized carbons (Fsp3) is 0.300. The number of pyridine rings is 1. The number of anilines is 1. The summed E-state index contributed by atoms with van der Waals surface area (Å²) < 4.78 is 29.2. The molecule has 1 atom stereocenters. The molecule has 0 saturated carbocycles. The van der Waals surface area contributed by atoms with Crippen molar-refractivity contribution in [3.63, 3.8) is 0 Å². The molecule has 9 heteroatoms. The van der Waals surface area contributed by atoms with Gasteiger partial charge in [0.15, 0.2) is 5.82 Å². The molecule has 1 unspecified atom stereocenters. The standard InChI is InChI=1S/C20H22N4O4S/c1-12(2)22-18-17-15(11-21-20(24-17)29(4,26)27)10-16(23-18)13(3)28-19(25)14-8-6-5-7-9-14/h5-13H,1-4H3,(H,22,23). The zero-order valence-corrected chi connectivity index (χ0v) is 17.4. The highest BCUT2D eigenvalue weighted by Crippen LogP contribution is 2.26. The van der Waals surface area contributed by atoms with Crippen LogP contribution < -0.4 is 5.32 Å². The average Bonchev–Trinajstić information content (AvgIpc) is 2.67. The molecule has 0 aliphatic heterocycles. The molecular weight excluding hydrogens is 392 g/mol. The zero-order chi connectivity index (χ0) is 21.2. The smallest absolute Gasteiger partial charge is 0.338 e. The molecule has 3 rings (SSSR count). The molecule has 2 heterocycles. The fourth-order valence-electron chi connectivity index (χ4n) is 2.67. The number of hydrogen-bond acceptors (Lipinski definition) is 8. The van der Waals surface area contributed by atoms with Crippen LogP contribution in [0.3, 0.4) is 0 Å². The number of rotatable bonds is 6. The van der Waals surface area contributed by atoms with Crippen LogP contribution in [0.4, 0.5) is 5.82 Å². The molecule has 1 N–H and O–H groups in total. The van der Waals surface area contributed by atoms with E-state index in [9.17, 15) is 13.2 Å². The molecule has 152 valence electrons.